The largest absolute Gasteiger partial charge is 0.490 e. The smallest absolute Gasteiger partial charge is 0.266 e. The molecule has 0 heterocycles. The summed E-state index contributed by atoms with van der Waals surface area (Å²) in [5, 5.41) is 12.7. The van der Waals surface area contributed by atoms with Crippen molar-refractivity contribution >= 4 is 40.9 Å². The molecular formula is C28H23Cl2FN2O3. The van der Waals surface area contributed by atoms with Crippen LogP contribution >= 0.6 is 23.2 Å². The molecule has 36 heavy (non-hydrogen) atoms. The molecule has 0 saturated heterocycles. The number of nitriles is 1. The van der Waals surface area contributed by atoms with Gasteiger partial charge in [-0.3, -0.25) is 4.79 Å². The molecule has 1 amide bonds. The maximum atomic E-state index is 13.6. The van der Waals surface area contributed by atoms with Crippen LogP contribution in [-0.2, 0) is 17.8 Å². The number of benzene rings is 3. The topological polar surface area (TPSA) is 71.4 Å². The lowest BCUT2D eigenvalue weighted by Crippen LogP contribution is -2.13. The molecule has 184 valence electrons. The highest BCUT2D eigenvalue weighted by atomic mass is 35.5. The predicted molar refractivity (Wildman–Crippen MR) is 141 cm³/mol. The van der Waals surface area contributed by atoms with Crippen LogP contribution in [0.2, 0.25) is 10.0 Å². The van der Waals surface area contributed by atoms with E-state index >= 15 is 0 Å². The van der Waals surface area contributed by atoms with Crippen molar-refractivity contribution in [1.29, 1.82) is 5.26 Å². The van der Waals surface area contributed by atoms with Crippen molar-refractivity contribution in [2.45, 2.75) is 20.0 Å². The van der Waals surface area contributed by atoms with Crippen LogP contribution in [0.4, 0.5) is 10.1 Å². The fraction of sp³-hybridized carbons (Fsp3) is 0.143. The minimum atomic E-state index is -0.642. The van der Waals surface area contributed by atoms with Gasteiger partial charge in [-0.05, 0) is 66.9 Å². The quantitative estimate of drug-likeness (QED) is 0.170. The van der Waals surface area contributed by atoms with Crippen LogP contribution < -0.4 is 14.8 Å². The molecule has 0 aromatic heterocycles. The zero-order valence-corrected chi connectivity index (χ0v) is 21.0. The lowest BCUT2D eigenvalue weighted by molar-refractivity contribution is -0.112. The van der Waals surface area contributed by atoms with Crippen LogP contribution in [0.1, 0.15) is 23.6 Å². The number of anilines is 1. The van der Waals surface area contributed by atoms with Crippen LogP contribution in [0.25, 0.3) is 6.08 Å². The van der Waals surface area contributed by atoms with E-state index in [1.165, 1.54) is 18.2 Å². The van der Waals surface area contributed by atoms with Gasteiger partial charge < -0.3 is 14.8 Å². The molecule has 1 N–H and O–H groups in total. The summed E-state index contributed by atoms with van der Waals surface area (Å²) in [7, 11) is 0. The number of hydrogen-bond acceptors (Lipinski definition) is 4. The minimum absolute atomic E-state index is 0.128. The van der Waals surface area contributed by atoms with E-state index in [0.29, 0.717) is 41.3 Å². The number of halogens is 3. The molecule has 8 heteroatoms. The van der Waals surface area contributed by atoms with Crippen molar-refractivity contribution in [3.05, 3.63) is 105 Å². The summed E-state index contributed by atoms with van der Waals surface area (Å²) in [6.07, 6.45) is 3.58. The third-order valence-electron chi connectivity index (χ3n) is 4.97. The van der Waals surface area contributed by atoms with Crippen LogP contribution in [0, 0.1) is 17.1 Å². The van der Waals surface area contributed by atoms with E-state index in [4.69, 9.17) is 32.7 Å². The maximum Gasteiger partial charge on any atom is 0.266 e. The molecule has 5 nitrogen and oxygen atoms in total. The molecular weight excluding hydrogens is 502 g/mol. The number of carbonyl (C=O) groups is 1. The van der Waals surface area contributed by atoms with Gasteiger partial charge in [-0.25, -0.2) is 4.39 Å². The van der Waals surface area contributed by atoms with Gasteiger partial charge in [0.1, 0.15) is 24.1 Å². The van der Waals surface area contributed by atoms with Gasteiger partial charge in [0.25, 0.3) is 5.91 Å². The van der Waals surface area contributed by atoms with E-state index in [0.717, 1.165) is 5.56 Å². The Morgan fingerprint density at radius 1 is 1.17 bits per heavy atom. The maximum absolute atomic E-state index is 13.6. The normalized spacial score (nSPS) is 10.9. The van der Waals surface area contributed by atoms with E-state index < -0.39 is 5.91 Å². The third kappa shape index (κ3) is 6.88. The van der Waals surface area contributed by atoms with Gasteiger partial charge in [0.05, 0.1) is 22.3 Å². The molecule has 3 aromatic carbocycles. The highest BCUT2D eigenvalue weighted by Crippen LogP contribution is 2.36. The number of carbonyl (C=O) groups excluding carboxylic acids is 1. The Balaban J connectivity index is 1.94. The molecule has 0 spiro atoms. The first-order chi connectivity index (χ1) is 17.4. The average molecular weight is 525 g/mol. The first-order valence-corrected chi connectivity index (χ1v) is 11.8. The molecule has 0 aliphatic rings. The van der Waals surface area contributed by atoms with Crippen LogP contribution in [0.3, 0.4) is 0 Å². The van der Waals surface area contributed by atoms with Gasteiger partial charge in [-0.1, -0.05) is 47.5 Å². The lowest BCUT2D eigenvalue weighted by Gasteiger charge is -2.17. The Hall–Kier alpha value is -3.79. The second-order valence-electron chi connectivity index (χ2n) is 7.58. The van der Waals surface area contributed by atoms with E-state index in [9.17, 15) is 14.4 Å². The summed E-state index contributed by atoms with van der Waals surface area (Å²) in [6, 6.07) is 16.3. The highest BCUT2D eigenvalue weighted by molar-refractivity contribution is 6.44. The summed E-state index contributed by atoms with van der Waals surface area (Å²) in [5.41, 5.74) is 2.09. The van der Waals surface area contributed by atoms with E-state index in [2.05, 4.69) is 11.9 Å². The van der Waals surface area contributed by atoms with Crippen LogP contribution in [0.5, 0.6) is 11.5 Å². The molecule has 3 aromatic rings. The Kier molecular flexibility index (Phi) is 9.52. The summed E-state index contributed by atoms with van der Waals surface area (Å²) in [5.74, 6) is -0.0902. The SMILES string of the molecule is C=CCc1cc(/C=C(/C#N)C(=O)Nc2cccc(Cl)c2Cl)cc(OCC)c1OCc1cccc(F)c1. The molecule has 0 radical (unpaired) electrons. The van der Waals surface area contributed by atoms with Crippen molar-refractivity contribution in [2.75, 3.05) is 11.9 Å². The molecule has 0 fully saturated rings. The van der Waals surface area contributed by atoms with Gasteiger partial charge in [-0.2, -0.15) is 5.26 Å². The van der Waals surface area contributed by atoms with Crippen molar-refractivity contribution in [1.82, 2.24) is 0 Å². The van der Waals surface area contributed by atoms with E-state index in [1.807, 2.05) is 13.0 Å². The van der Waals surface area contributed by atoms with Crippen molar-refractivity contribution in [2.24, 2.45) is 0 Å². The molecule has 0 saturated carbocycles. The molecule has 0 bridgehead atoms. The lowest BCUT2D eigenvalue weighted by atomic mass is 10.0. The predicted octanol–water partition coefficient (Wildman–Crippen LogP) is 7.38. The summed E-state index contributed by atoms with van der Waals surface area (Å²) in [6.45, 7) is 6.11. The van der Waals surface area contributed by atoms with Gasteiger partial charge in [-0.15, -0.1) is 6.58 Å². The standard InChI is InChI=1S/C28H23Cl2FN2O3/c1-3-7-20-12-19(13-21(16-32)28(34)33-24-11-6-10-23(29)26(24)30)15-25(35-4-2)27(20)36-17-18-8-5-9-22(31)14-18/h3,5-6,8-15H,1,4,7,17H2,2H3,(H,33,34)/b21-13-. The van der Waals surface area contributed by atoms with Crippen LogP contribution in [-0.4, -0.2) is 12.5 Å². The van der Waals surface area contributed by atoms with E-state index in [1.54, 1.807) is 48.5 Å². The Morgan fingerprint density at radius 3 is 2.64 bits per heavy atom. The number of nitrogens with one attached hydrogen (secondary N) is 1. The number of amides is 1. The van der Waals surface area contributed by atoms with Crippen LogP contribution in [0.15, 0.2) is 72.8 Å². The summed E-state index contributed by atoms with van der Waals surface area (Å²) >= 11 is 12.2. The van der Waals surface area contributed by atoms with Crippen molar-refractivity contribution < 1.29 is 18.7 Å². The average Bonchev–Trinajstić information content (AvgIpc) is 2.85. The molecule has 0 aliphatic heterocycles. The monoisotopic (exact) mass is 524 g/mol. The second kappa shape index (κ2) is 12.8. The van der Waals surface area contributed by atoms with Gasteiger partial charge in [0.2, 0.25) is 0 Å². The Bertz CT molecular complexity index is 1350. The third-order valence-corrected chi connectivity index (χ3v) is 5.79. The van der Waals surface area contributed by atoms with Crippen molar-refractivity contribution in [3.8, 4) is 17.6 Å². The molecule has 3 rings (SSSR count). The first-order valence-electron chi connectivity index (χ1n) is 11.0. The zero-order chi connectivity index (χ0) is 26.1. The number of rotatable bonds is 10. The second-order valence-corrected chi connectivity index (χ2v) is 8.36. The van der Waals surface area contributed by atoms with E-state index in [-0.39, 0.29) is 28.0 Å². The number of ether oxygens (including phenoxy) is 2. The van der Waals surface area contributed by atoms with Gasteiger partial charge in [0.15, 0.2) is 11.5 Å². The molecule has 0 atom stereocenters. The number of nitrogens with zero attached hydrogens (tertiary/aromatic N) is 1. The highest BCUT2D eigenvalue weighted by Gasteiger charge is 2.16. The summed E-state index contributed by atoms with van der Waals surface area (Å²) < 4.78 is 25.4. The summed E-state index contributed by atoms with van der Waals surface area (Å²) in [4.78, 5) is 12.8. The number of allylic oxidation sites excluding steroid dienone is 1. The Morgan fingerprint density at radius 2 is 1.94 bits per heavy atom. The fourth-order valence-electron chi connectivity index (χ4n) is 3.39. The molecule has 0 unspecified atom stereocenters. The van der Waals surface area contributed by atoms with Gasteiger partial charge >= 0.3 is 0 Å². The van der Waals surface area contributed by atoms with Crippen molar-refractivity contribution in [3.63, 3.8) is 0 Å². The number of hydrogen-bond donors (Lipinski definition) is 1. The Labute approximate surface area is 219 Å². The first kappa shape index (κ1) is 26.8. The minimum Gasteiger partial charge on any atom is -0.490 e. The van der Waals surface area contributed by atoms with Gasteiger partial charge in [0, 0.05) is 5.56 Å². The fourth-order valence-corrected chi connectivity index (χ4v) is 3.74. The molecule has 0 aliphatic carbocycles. The zero-order valence-electron chi connectivity index (χ0n) is 19.5.